The Labute approximate surface area is 149 Å². The normalized spacial score (nSPS) is 11.4. The Balaban J connectivity index is 2.07. The number of nitrogens with zero attached hydrogens (tertiary/aromatic N) is 1. The molecule has 1 atom stereocenters. The quantitative estimate of drug-likeness (QED) is 0.607. The van der Waals surface area contributed by atoms with Gasteiger partial charge in [-0.1, -0.05) is 23.7 Å². The van der Waals surface area contributed by atoms with Crippen LogP contribution in [-0.2, 0) is 9.59 Å². The van der Waals surface area contributed by atoms with Gasteiger partial charge in [0.2, 0.25) is 11.8 Å². The molecule has 2 aromatic rings. The van der Waals surface area contributed by atoms with Gasteiger partial charge >= 0.3 is 0 Å². The van der Waals surface area contributed by atoms with Crippen molar-refractivity contribution in [1.82, 2.24) is 5.32 Å². The van der Waals surface area contributed by atoms with E-state index < -0.39 is 11.0 Å². The molecule has 0 aliphatic rings. The molecule has 0 saturated carbocycles. The van der Waals surface area contributed by atoms with Crippen molar-refractivity contribution in [2.24, 2.45) is 0 Å². The average Bonchev–Trinajstić information content (AvgIpc) is 2.55. The van der Waals surface area contributed by atoms with Crippen molar-refractivity contribution < 1.29 is 14.5 Å². The number of anilines is 1. The molecule has 130 valence electrons. The van der Waals surface area contributed by atoms with E-state index in [0.717, 1.165) is 5.56 Å². The van der Waals surface area contributed by atoms with E-state index in [1.165, 1.54) is 31.2 Å². The summed E-state index contributed by atoms with van der Waals surface area (Å²) in [6, 6.07) is 11.8. The Bertz CT molecular complexity index is 775. The molecule has 8 heteroatoms. The molecule has 25 heavy (non-hydrogen) atoms. The summed E-state index contributed by atoms with van der Waals surface area (Å²) >= 11 is 5.86. The fourth-order valence-corrected chi connectivity index (χ4v) is 2.38. The van der Waals surface area contributed by atoms with Gasteiger partial charge in [-0.25, -0.2) is 0 Å². The van der Waals surface area contributed by atoms with Gasteiger partial charge in [-0.3, -0.25) is 19.7 Å². The van der Waals surface area contributed by atoms with Crippen LogP contribution in [0.5, 0.6) is 0 Å². The highest BCUT2D eigenvalue weighted by Crippen LogP contribution is 2.21. The van der Waals surface area contributed by atoms with Gasteiger partial charge in [-0.15, -0.1) is 0 Å². The number of nitrogens with one attached hydrogen (secondary N) is 2. The maximum Gasteiger partial charge on any atom is 0.269 e. The van der Waals surface area contributed by atoms with Crippen LogP contribution in [0.3, 0.4) is 0 Å². The predicted octanol–water partition coefficient (Wildman–Crippen LogP) is 3.45. The van der Waals surface area contributed by atoms with Crippen LogP contribution in [0.4, 0.5) is 11.4 Å². The third kappa shape index (κ3) is 5.58. The minimum absolute atomic E-state index is 0.0121. The van der Waals surface area contributed by atoms with Crippen LogP contribution in [-0.4, -0.2) is 16.7 Å². The van der Waals surface area contributed by atoms with Gasteiger partial charge in [0.05, 0.1) is 17.4 Å². The molecule has 0 aliphatic carbocycles. The molecule has 1 unspecified atom stereocenters. The van der Waals surface area contributed by atoms with Gasteiger partial charge in [-0.05, 0) is 29.8 Å². The molecule has 0 fully saturated rings. The zero-order valence-electron chi connectivity index (χ0n) is 13.4. The molecule has 0 aromatic heterocycles. The maximum absolute atomic E-state index is 12.2. The first-order valence-corrected chi connectivity index (χ1v) is 7.80. The highest BCUT2D eigenvalue weighted by Gasteiger charge is 2.17. The highest BCUT2D eigenvalue weighted by atomic mass is 35.5. The molecule has 0 bridgehead atoms. The summed E-state index contributed by atoms with van der Waals surface area (Å²) < 4.78 is 0. The van der Waals surface area contributed by atoms with E-state index >= 15 is 0 Å². The van der Waals surface area contributed by atoms with Gasteiger partial charge in [0.1, 0.15) is 0 Å². The van der Waals surface area contributed by atoms with Crippen LogP contribution in [0.25, 0.3) is 0 Å². The van der Waals surface area contributed by atoms with E-state index in [2.05, 4.69) is 10.6 Å². The molecule has 2 rings (SSSR count). The largest absolute Gasteiger partial charge is 0.349 e. The van der Waals surface area contributed by atoms with Crippen molar-refractivity contribution in [3.8, 4) is 0 Å². The van der Waals surface area contributed by atoms with Crippen LogP contribution in [0.2, 0.25) is 5.02 Å². The lowest BCUT2D eigenvalue weighted by Gasteiger charge is -2.18. The number of non-ortho nitro benzene ring substituents is 1. The van der Waals surface area contributed by atoms with E-state index in [0.29, 0.717) is 10.7 Å². The predicted molar refractivity (Wildman–Crippen MR) is 94.4 cm³/mol. The average molecular weight is 362 g/mol. The number of hydrogen-bond donors (Lipinski definition) is 2. The number of nitro benzene ring substituents is 1. The van der Waals surface area contributed by atoms with Gasteiger partial charge in [0, 0.05) is 29.8 Å². The maximum atomic E-state index is 12.2. The number of benzene rings is 2. The Hall–Kier alpha value is -2.93. The second-order valence-electron chi connectivity index (χ2n) is 5.36. The number of hydrogen-bond acceptors (Lipinski definition) is 4. The first-order chi connectivity index (χ1) is 11.8. The summed E-state index contributed by atoms with van der Waals surface area (Å²) in [4.78, 5) is 33.8. The zero-order chi connectivity index (χ0) is 18.4. The molecule has 0 heterocycles. The molecule has 2 N–H and O–H groups in total. The van der Waals surface area contributed by atoms with E-state index in [9.17, 15) is 19.7 Å². The van der Waals surface area contributed by atoms with E-state index in [1.54, 1.807) is 24.3 Å². The van der Waals surface area contributed by atoms with Crippen LogP contribution < -0.4 is 10.6 Å². The fraction of sp³-hybridized carbons (Fsp3) is 0.176. The van der Waals surface area contributed by atoms with Crippen molar-refractivity contribution in [2.75, 3.05) is 5.32 Å². The third-order valence-electron chi connectivity index (χ3n) is 3.40. The summed E-state index contributed by atoms with van der Waals surface area (Å²) in [5.41, 5.74) is 1.13. The smallest absolute Gasteiger partial charge is 0.269 e. The molecule has 2 amide bonds. The van der Waals surface area contributed by atoms with E-state index in [-0.39, 0.29) is 23.9 Å². The number of nitro groups is 1. The summed E-state index contributed by atoms with van der Waals surface area (Å²) in [6.45, 7) is 1.37. The van der Waals surface area contributed by atoms with Gasteiger partial charge in [0.15, 0.2) is 0 Å². The lowest BCUT2D eigenvalue weighted by molar-refractivity contribution is -0.384. The Kier molecular flexibility index (Phi) is 6.08. The highest BCUT2D eigenvalue weighted by molar-refractivity contribution is 6.30. The Morgan fingerprint density at radius 1 is 1.12 bits per heavy atom. The number of amides is 2. The molecular formula is C17H16ClN3O4. The number of carbonyl (C=O) groups excluding carboxylic acids is 2. The van der Waals surface area contributed by atoms with Crippen molar-refractivity contribution in [2.45, 2.75) is 19.4 Å². The van der Waals surface area contributed by atoms with Crippen molar-refractivity contribution in [3.63, 3.8) is 0 Å². The Morgan fingerprint density at radius 3 is 2.24 bits per heavy atom. The second kappa shape index (κ2) is 8.25. The molecule has 0 saturated heterocycles. The number of rotatable bonds is 6. The van der Waals surface area contributed by atoms with Crippen LogP contribution >= 0.6 is 11.6 Å². The standard InChI is InChI=1S/C17H16ClN3O4/c1-11(22)19-16(12-2-4-13(18)5-3-12)10-17(23)20-14-6-8-15(9-7-14)21(24)25/h2-9,16H,10H2,1H3,(H,19,22)(H,20,23). The molecular weight excluding hydrogens is 346 g/mol. The van der Waals surface area contributed by atoms with Crippen LogP contribution in [0, 0.1) is 10.1 Å². The van der Waals surface area contributed by atoms with Gasteiger partial charge in [-0.2, -0.15) is 0 Å². The molecule has 0 radical (unpaired) electrons. The Morgan fingerprint density at radius 2 is 1.72 bits per heavy atom. The summed E-state index contributed by atoms with van der Waals surface area (Å²) in [6.07, 6.45) is 0.0121. The first kappa shape index (κ1) is 18.4. The van der Waals surface area contributed by atoms with E-state index in [4.69, 9.17) is 11.6 Å². The minimum Gasteiger partial charge on any atom is -0.349 e. The summed E-state index contributed by atoms with van der Waals surface area (Å²) in [5, 5.41) is 16.6. The minimum atomic E-state index is -0.515. The van der Waals surface area contributed by atoms with Crippen molar-refractivity contribution >= 4 is 34.8 Å². The second-order valence-corrected chi connectivity index (χ2v) is 5.80. The topological polar surface area (TPSA) is 101 Å². The van der Waals surface area contributed by atoms with Crippen molar-refractivity contribution in [3.05, 3.63) is 69.2 Å². The summed E-state index contributed by atoms with van der Waals surface area (Å²) in [7, 11) is 0. The lowest BCUT2D eigenvalue weighted by atomic mass is 10.0. The fourth-order valence-electron chi connectivity index (χ4n) is 2.26. The lowest BCUT2D eigenvalue weighted by Crippen LogP contribution is -2.29. The molecule has 2 aromatic carbocycles. The first-order valence-electron chi connectivity index (χ1n) is 7.42. The van der Waals surface area contributed by atoms with Crippen molar-refractivity contribution in [1.29, 1.82) is 0 Å². The molecule has 0 spiro atoms. The van der Waals surface area contributed by atoms with Crippen LogP contribution in [0.15, 0.2) is 48.5 Å². The molecule has 0 aliphatic heterocycles. The monoisotopic (exact) mass is 361 g/mol. The molecule has 7 nitrogen and oxygen atoms in total. The van der Waals surface area contributed by atoms with Gasteiger partial charge in [0.25, 0.3) is 5.69 Å². The third-order valence-corrected chi connectivity index (χ3v) is 3.65. The van der Waals surface area contributed by atoms with Gasteiger partial charge < -0.3 is 10.6 Å². The van der Waals surface area contributed by atoms with Crippen LogP contribution in [0.1, 0.15) is 24.9 Å². The SMILES string of the molecule is CC(=O)NC(CC(=O)Nc1ccc([N+](=O)[O-])cc1)c1ccc(Cl)cc1. The summed E-state index contributed by atoms with van der Waals surface area (Å²) in [5.74, 6) is -0.592. The van der Waals surface area contributed by atoms with E-state index in [1.807, 2.05) is 0 Å². The zero-order valence-corrected chi connectivity index (χ0v) is 14.1. The number of carbonyl (C=O) groups is 2. The number of halogens is 1.